The maximum atomic E-state index is 5.61. The van der Waals surface area contributed by atoms with E-state index in [4.69, 9.17) is 9.47 Å². The number of hydrogen-bond acceptors (Lipinski definition) is 3. The lowest BCUT2D eigenvalue weighted by atomic mass is 9.97. The fraction of sp³-hybridized carbons (Fsp3) is 0.556. The summed E-state index contributed by atoms with van der Waals surface area (Å²) in [5.41, 5.74) is 2.77. The summed E-state index contributed by atoms with van der Waals surface area (Å²) in [6, 6.07) is 6.07. The van der Waals surface area contributed by atoms with Crippen LogP contribution in [0, 0.1) is 0 Å². The molecule has 2 rings (SSSR count). The number of para-hydroxylation sites is 1. The molecule has 0 saturated carbocycles. The monoisotopic (exact) mass is 289 g/mol. The molecule has 3 heteroatoms. The first-order valence-corrected chi connectivity index (χ1v) is 8.02. The number of hydrogen-bond donors (Lipinski definition) is 1. The summed E-state index contributed by atoms with van der Waals surface area (Å²) in [5.74, 6) is 1.68. The first-order chi connectivity index (χ1) is 10.3. The van der Waals surface area contributed by atoms with E-state index in [-0.39, 0.29) is 0 Å². The standard InChI is InChI=1S/C18H27NO2/c1-3-21-17-11-7-10-16(18(17)20-2)14-19-13-12-15-8-5-4-6-9-15/h7-8,10-11,19H,3-6,9,12-14H2,1-2H3. The van der Waals surface area contributed by atoms with Crippen LogP contribution in [0.15, 0.2) is 29.8 Å². The number of allylic oxidation sites excluding steroid dienone is 1. The average molecular weight is 289 g/mol. The van der Waals surface area contributed by atoms with Crippen molar-refractivity contribution in [2.75, 3.05) is 20.3 Å². The molecule has 0 atom stereocenters. The Morgan fingerprint density at radius 3 is 2.86 bits per heavy atom. The third-order valence-electron chi connectivity index (χ3n) is 3.89. The van der Waals surface area contributed by atoms with Crippen molar-refractivity contribution >= 4 is 0 Å². The number of ether oxygens (including phenoxy) is 2. The summed E-state index contributed by atoms with van der Waals surface area (Å²) in [7, 11) is 1.70. The Kier molecular flexibility index (Phi) is 6.61. The van der Waals surface area contributed by atoms with Crippen molar-refractivity contribution in [2.24, 2.45) is 0 Å². The third-order valence-corrected chi connectivity index (χ3v) is 3.89. The minimum absolute atomic E-state index is 0.654. The van der Waals surface area contributed by atoms with Crippen molar-refractivity contribution < 1.29 is 9.47 Å². The van der Waals surface area contributed by atoms with Crippen LogP contribution in [0.3, 0.4) is 0 Å². The van der Waals surface area contributed by atoms with Gasteiger partial charge in [0, 0.05) is 12.1 Å². The molecule has 0 spiro atoms. The van der Waals surface area contributed by atoms with Gasteiger partial charge in [0.1, 0.15) is 0 Å². The molecule has 0 fully saturated rings. The van der Waals surface area contributed by atoms with Crippen molar-refractivity contribution in [3.63, 3.8) is 0 Å². The SMILES string of the molecule is CCOc1cccc(CNCCC2=CCCCC2)c1OC. The molecule has 21 heavy (non-hydrogen) atoms. The molecule has 0 aliphatic heterocycles. The lowest BCUT2D eigenvalue weighted by Gasteiger charge is -2.15. The van der Waals surface area contributed by atoms with Crippen LogP contribution in [-0.4, -0.2) is 20.3 Å². The van der Waals surface area contributed by atoms with Gasteiger partial charge in [0.2, 0.25) is 0 Å². The van der Waals surface area contributed by atoms with Gasteiger partial charge in [-0.05, 0) is 51.6 Å². The second-order valence-electron chi connectivity index (χ2n) is 5.42. The largest absolute Gasteiger partial charge is 0.493 e. The van der Waals surface area contributed by atoms with Crippen molar-refractivity contribution in [1.82, 2.24) is 5.32 Å². The average Bonchev–Trinajstić information content (AvgIpc) is 2.53. The zero-order valence-corrected chi connectivity index (χ0v) is 13.3. The van der Waals surface area contributed by atoms with Gasteiger partial charge in [0.25, 0.3) is 0 Å². The molecule has 0 bridgehead atoms. The van der Waals surface area contributed by atoms with E-state index in [1.807, 2.05) is 19.1 Å². The normalized spacial score (nSPS) is 14.7. The van der Waals surface area contributed by atoms with E-state index in [0.29, 0.717) is 6.61 Å². The van der Waals surface area contributed by atoms with E-state index in [0.717, 1.165) is 36.6 Å². The number of benzene rings is 1. The maximum Gasteiger partial charge on any atom is 0.165 e. The van der Waals surface area contributed by atoms with Crippen LogP contribution in [0.4, 0.5) is 0 Å². The summed E-state index contributed by atoms with van der Waals surface area (Å²) in [5, 5.41) is 3.52. The zero-order chi connectivity index (χ0) is 14.9. The van der Waals surface area contributed by atoms with Crippen LogP contribution in [0.25, 0.3) is 0 Å². The number of rotatable bonds is 8. The molecule has 0 radical (unpaired) electrons. The van der Waals surface area contributed by atoms with Crippen molar-refractivity contribution in [3.8, 4) is 11.5 Å². The van der Waals surface area contributed by atoms with Crippen LogP contribution in [0.1, 0.15) is 44.6 Å². The second-order valence-corrected chi connectivity index (χ2v) is 5.42. The Balaban J connectivity index is 1.84. The van der Waals surface area contributed by atoms with Gasteiger partial charge >= 0.3 is 0 Å². The topological polar surface area (TPSA) is 30.5 Å². The van der Waals surface area contributed by atoms with E-state index in [1.54, 1.807) is 12.7 Å². The van der Waals surface area contributed by atoms with Crippen molar-refractivity contribution in [3.05, 3.63) is 35.4 Å². The van der Waals surface area contributed by atoms with E-state index >= 15 is 0 Å². The molecule has 1 aromatic carbocycles. The van der Waals surface area contributed by atoms with Gasteiger partial charge in [0.15, 0.2) is 11.5 Å². The Morgan fingerprint density at radius 2 is 2.14 bits per heavy atom. The van der Waals surface area contributed by atoms with Crippen molar-refractivity contribution in [2.45, 2.75) is 45.6 Å². The Morgan fingerprint density at radius 1 is 1.24 bits per heavy atom. The second kappa shape index (κ2) is 8.73. The molecular formula is C18H27NO2. The molecule has 3 nitrogen and oxygen atoms in total. The Hall–Kier alpha value is -1.48. The summed E-state index contributed by atoms with van der Waals surface area (Å²) >= 11 is 0. The minimum atomic E-state index is 0.654. The molecule has 1 aliphatic rings. The minimum Gasteiger partial charge on any atom is -0.493 e. The molecule has 0 aromatic heterocycles. The predicted molar refractivity (Wildman–Crippen MR) is 87.0 cm³/mol. The molecular weight excluding hydrogens is 262 g/mol. The van der Waals surface area contributed by atoms with Crippen LogP contribution in [-0.2, 0) is 6.54 Å². The highest BCUT2D eigenvalue weighted by molar-refractivity contribution is 5.46. The van der Waals surface area contributed by atoms with Gasteiger partial charge in [-0.25, -0.2) is 0 Å². The quantitative estimate of drug-likeness (QED) is 0.578. The molecule has 1 N–H and O–H groups in total. The molecule has 1 aromatic rings. The maximum absolute atomic E-state index is 5.61. The zero-order valence-electron chi connectivity index (χ0n) is 13.3. The first-order valence-electron chi connectivity index (χ1n) is 8.02. The number of methoxy groups -OCH3 is 1. The lowest BCUT2D eigenvalue weighted by molar-refractivity contribution is 0.308. The van der Waals surface area contributed by atoms with E-state index in [2.05, 4.69) is 17.5 Å². The highest BCUT2D eigenvalue weighted by Crippen LogP contribution is 2.31. The lowest BCUT2D eigenvalue weighted by Crippen LogP contribution is -2.16. The van der Waals surface area contributed by atoms with Gasteiger partial charge in [-0.15, -0.1) is 0 Å². The number of nitrogens with one attached hydrogen (secondary N) is 1. The molecule has 0 heterocycles. The molecule has 0 saturated heterocycles. The van der Waals surface area contributed by atoms with Crippen LogP contribution < -0.4 is 14.8 Å². The fourth-order valence-corrected chi connectivity index (χ4v) is 2.81. The van der Waals surface area contributed by atoms with Crippen LogP contribution in [0.5, 0.6) is 11.5 Å². The van der Waals surface area contributed by atoms with Gasteiger partial charge < -0.3 is 14.8 Å². The fourth-order valence-electron chi connectivity index (χ4n) is 2.81. The molecule has 116 valence electrons. The molecule has 1 aliphatic carbocycles. The molecule has 0 amide bonds. The summed E-state index contributed by atoms with van der Waals surface area (Å²) < 4.78 is 11.1. The van der Waals surface area contributed by atoms with Gasteiger partial charge in [0.05, 0.1) is 13.7 Å². The Labute approximate surface area is 128 Å². The van der Waals surface area contributed by atoms with E-state index < -0.39 is 0 Å². The van der Waals surface area contributed by atoms with Gasteiger partial charge in [-0.3, -0.25) is 0 Å². The van der Waals surface area contributed by atoms with E-state index in [9.17, 15) is 0 Å². The molecule has 0 unspecified atom stereocenters. The highest BCUT2D eigenvalue weighted by Gasteiger charge is 2.09. The predicted octanol–water partition coefficient (Wildman–Crippen LogP) is 4.07. The first kappa shape index (κ1) is 15.9. The van der Waals surface area contributed by atoms with E-state index in [1.165, 1.54) is 25.7 Å². The summed E-state index contributed by atoms with van der Waals surface area (Å²) in [4.78, 5) is 0. The smallest absolute Gasteiger partial charge is 0.165 e. The highest BCUT2D eigenvalue weighted by atomic mass is 16.5. The van der Waals surface area contributed by atoms with Gasteiger partial charge in [-0.2, -0.15) is 0 Å². The third kappa shape index (κ3) is 4.78. The van der Waals surface area contributed by atoms with Crippen LogP contribution in [0.2, 0.25) is 0 Å². The summed E-state index contributed by atoms with van der Waals surface area (Å²) in [6.45, 7) is 4.48. The van der Waals surface area contributed by atoms with Gasteiger partial charge in [-0.1, -0.05) is 23.8 Å². The van der Waals surface area contributed by atoms with Crippen molar-refractivity contribution in [1.29, 1.82) is 0 Å². The Bertz CT molecular complexity index is 468. The van der Waals surface area contributed by atoms with Crippen LogP contribution >= 0.6 is 0 Å². The summed E-state index contributed by atoms with van der Waals surface area (Å²) in [6.07, 6.45) is 8.84.